The molecule has 0 aromatic carbocycles. The maximum absolute atomic E-state index is 9.64. The lowest BCUT2D eigenvalue weighted by molar-refractivity contribution is 0.252. The minimum atomic E-state index is -0.579. The van der Waals surface area contributed by atoms with E-state index in [1.807, 2.05) is 0 Å². The first kappa shape index (κ1) is 5.01. The molecule has 3 N–H and O–H groups in total. The molecule has 0 aliphatic carbocycles. The Morgan fingerprint density at radius 2 is 2.67 bits per heavy atom. The van der Waals surface area contributed by atoms with Crippen molar-refractivity contribution in [3.05, 3.63) is 12.8 Å². The van der Waals surface area contributed by atoms with Crippen LogP contribution in [-0.2, 0) is 0 Å². The molecule has 0 rings (SSSR count). The lowest BCUT2D eigenvalue weighted by Crippen LogP contribution is -2.23. The van der Waals surface area contributed by atoms with Crippen molar-refractivity contribution >= 4 is 6.03 Å². The van der Waals surface area contributed by atoms with Gasteiger partial charge < -0.3 is 11.1 Å². The predicted octanol–water partition coefficient (Wildman–Crippen LogP) is 0.0442. The average Bonchev–Trinajstić information content (AvgIpc) is 1.35. The Morgan fingerprint density at radius 3 is 2.67 bits per heavy atom. The van der Waals surface area contributed by atoms with Crippen LogP contribution in [0, 0.1) is 0 Å². The Hall–Kier alpha value is -0.990. The fourth-order valence-electron chi connectivity index (χ4n) is 0.101. The van der Waals surface area contributed by atoms with E-state index in [4.69, 9.17) is 0 Å². The summed E-state index contributed by atoms with van der Waals surface area (Å²) in [7, 11) is 0. The number of carbonyl (C=O) groups excluding carboxylic acids is 1. The number of hydrogen-bond acceptors (Lipinski definition) is 1. The third-order valence-corrected chi connectivity index (χ3v) is 0.244. The molecule has 0 aromatic rings. The summed E-state index contributed by atoms with van der Waals surface area (Å²) in [5.74, 6) is 0. The lowest BCUT2D eigenvalue weighted by Gasteiger charge is -1.83. The summed E-state index contributed by atoms with van der Waals surface area (Å²) in [4.78, 5) is 9.64. The number of primary amides is 1. The van der Waals surface area contributed by atoms with Crippen LogP contribution in [0.2, 0.25) is 0 Å². The quantitative estimate of drug-likeness (QED) is 0.467. The number of urea groups is 1. The molecule has 0 bridgehead atoms. The highest BCUT2D eigenvalue weighted by molar-refractivity contribution is 5.72. The Labute approximate surface area is 37.3 Å². The first-order chi connectivity index (χ1) is 2.77. The minimum absolute atomic E-state index is 0. The number of nitrogens with one attached hydrogen (secondary N) is 1. The van der Waals surface area contributed by atoms with Crippen LogP contribution < -0.4 is 11.1 Å². The van der Waals surface area contributed by atoms with E-state index in [1.165, 1.54) is 6.20 Å². The van der Waals surface area contributed by atoms with E-state index in [0.717, 1.165) is 0 Å². The van der Waals surface area contributed by atoms with Crippen molar-refractivity contribution in [1.29, 1.82) is 0 Å². The fourth-order valence-corrected chi connectivity index (χ4v) is 0.101. The fraction of sp³-hybridized carbons (Fsp3) is 0. The van der Waals surface area contributed by atoms with E-state index in [0.29, 0.717) is 0 Å². The summed E-state index contributed by atoms with van der Waals surface area (Å²) in [5, 5.41) is 2.11. The highest BCUT2D eigenvalue weighted by atomic mass is 16.2. The van der Waals surface area contributed by atoms with Crippen LogP contribution in [-0.4, -0.2) is 6.03 Å². The highest BCUT2D eigenvalue weighted by Gasteiger charge is 1.76. The van der Waals surface area contributed by atoms with Gasteiger partial charge in [0.1, 0.15) is 0 Å². The summed E-state index contributed by atoms with van der Waals surface area (Å²) < 4.78 is 0. The molecule has 0 spiro atoms. The van der Waals surface area contributed by atoms with Crippen molar-refractivity contribution in [3.63, 3.8) is 0 Å². The topological polar surface area (TPSA) is 55.1 Å². The van der Waals surface area contributed by atoms with Crippen LogP contribution in [0.3, 0.4) is 0 Å². The third kappa shape index (κ3) is 3.01. The van der Waals surface area contributed by atoms with Gasteiger partial charge >= 0.3 is 6.03 Å². The third-order valence-electron chi connectivity index (χ3n) is 0.244. The van der Waals surface area contributed by atoms with Crippen LogP contribution in [0.25, 0.3) is 0 Å². The Kier molecular flexibility index (Phi) is 1.89. The first-order valence-electron chi connectivity index (χ1n) is 1.44. The van der Waals surface area contributed by atoms with Crippen molar-refractivity contribution in [2.75, 3.05) is 0 Å². The van der Waals surface area contributed by atoms with E-state index in [2.05, 4.69) is 17.6 Å². The largest absolute Gasteiger partial charge is 0.351 e. The van der Waals surface area contributed by atoms with Crippen LogP contribution in [0.4, 0.5) is 4.79 Å². The average molecular weight is 88.1 g/mol. The zero-order valence-corrected chi connectivity index (χ0v) is 3.27. The maximum atomic E-state index is 9.64. The molecule has 0 unspecified atom stereocenters. The molecule has 6 heavy (non-hydrogen) atoms. The van der Waals surface area contributed by atoms with Gasteiger partial charge in [-0.05, 0) is 6.20 Å². The van der Waals surface area contributed by atoms with E-state index in [-0.39, 0.29) is 1.43 Å². The number of rotatable bonds is 1. The molecule has 0 atom stereocenters. The Bertz CT molecular complexity index is 73.3. The molecule has 0 saturated heterocycles. The van der Waals surface area contributed by atoms with E-state index in [9.17, 15) is 4.79 Å². The molecule has 0 fully saturated rings. The van der Waals surface area contributed by atoms with Gasteiger partial charge in [0.15, 0.2) is 0 Å². The van der Waals surface area contributed by atoms with Gasteiger partial charge in [-0.2, -0.15) is 0 Å². The van der Waals surface area contributed by atoms with Gasteiger partial charge in [-0.15, -0.1) is 0 Å². The number of nitrogens with two attached hydrogens (primary N) is 1. The van der Waals surface area contributed by atoms with E-state index >= 15 is 0 Å². The van der Waals surface area contributed by atoms with Crippen LogP contribution >= 0.6 is 0 Å². The predicted molar refractivity (Wildman–Crippen MR) is 25.0 cm³/mol. The molecule has 0 saturated carbocycles. The number of carbonyl (C=O) groups is 1. The van der Waals surface area contributed by atoms with Crippen molar-refractivity contribution < 1.29 is 6.22 Å². The first-order valence-corrected chi connectivity index (χ1v) is 1.44. The molecule has 0 aromatic heterocycles. The van der Waals surface area contributed by atoms with Gasteiger partial charge in [-0.1, -0.05) is 6.58 Å². The van der Waals surface area contributed by atoms with Gasteiger partial charge in [0.05, 0.1) is 0 Å². The van der Waals surface area contributed by atoms with E-state index in [1.54, 1.807) is 0 Å². The summed E-state index contributed by atoms with van der Waals surface area (Å²) in [6.45, 7) is 3.19. The molecule has 0 heterocycles. The van der Waals surface area contributed by atoms with Crippen molar-refractivity contribution in [3.8, 4) is 0 Å². The zero-order chi connectivity index (χ0) is 4.99. The van der Waals surface area contributed by atoms with Gasteiger partial charge in [0.2, 0.25) is 0 Å². The van der Waals surface area contributed by atoms with Crippen LogP contribution in [0.1, 0.15) is 1.43 Å². The van der Waals surface area contributed by atoms with Gasteiger partial charge in [-0.25, -0.2) is 4.79 Å². The second-order valence-electron chi connectivity index (χ2n) is 0.713. The van der Waals surface area contributed by atoms with Gasteiger partial charge in [-0.3, -0.25) is 0 Å². The zero-order valence-electron chi connectivity index (χ0n) is 3.27. The summed E-state index contributed by atoms with van der Waals surface area (Å²) in [6, 6.07) is -0.579. The van der Waals surface area contributed by atoms with Crippen molar-refractivity contribution in [2.24, 2.45) is 5.73 Å². The molecule has 0 aliphatic heterocycles. The second-order valence-corrected chi connectivity index (χ2v) is 0.713. The monoisotopic (exact) mass is 88.1 g/mol. The lowest BCUT2D eigenvalue weighted by atomic mass is 10.9. The Morgan fingerprint density at radius 1 is 2.17 bits per heavy atom. The SMILES string of the molecule is C=CNC(N)=O.[HH]. The molecule has 36 valence electrons. The van der Waals surface area contributed by atoms with E-state index < -0.39 is 6.03 Å². The van der Waals surface area contributed by atoms with Crippen molar-refractivity contribution in [1.82, 2.24) is 5.32 Å². The van der Waals surface area contributed by atoms with Gasteiger partial charge in [0, 0.05) is 1.43 Å². The highest BCUT2D eigenvalue weighted by Crippen LogP contribution is 1.49. The minimum Gasteiger partial charge on any atom is -0.351 e. The van der Waals surface area contributed by atoms with Crippen LogP contribution in [0.5, 0.6) is 0 Å². The molecule has 3 heteroatoms. The number of hydrogen-bond donors (Lipinski definition) is 2. The molecule has 2 amide bonds. The summed E-state index contributed by atoms with van der Waals surface area (Å²) in [5.41, 5.74) is 4.58. The second kappa shape index (κ2) is 2.26. The molecule has 0 radical (unpaired) electrons. The van der Waals surface area contributed by atoms with Crippen molar-refractivity contribution in [2.45, 2.75) is 0 Å². The normalized spacial score (nSPS) is 6.67. The summed E-state index contributed by atoms with van der Waals surface area (Å²) in [6.07, 6.45) is 1.22. The molecular weight excluding hydrogens is 80.0 g/mol. The number of amides is 2. The van der Waals surface area contributed by atoms with Crippen LogP contribution in [0.15, 0.2) is 12.8 Å². The maximum Gasteiger partial charge on any atom is 0.316 e. The Balaban J connectivity index is 0. The molecular formula is C3H8N2O. The molecule has 0 aliphatic rings. The van der Waals surface area contributed by atoms with Gasteiger partial charge in [0.25, 0.3) is 0 Å². The smallest absolute Gasteiger partial charge is 0.316 e. The standard InChI is InChI=1S/C3H6N2O.H2/c1-2-5-3(4)6;/h2H,1H2,(H3,4,5,6);1H. The molecule has 3 nitrogen and oxygen atoms in total. The summed E-state index contributed by atoms with van der Waals surface area (Å²) >= 11 is 0.